The molecule has 3 atom stereocenters. The second kappa shape index (κ2) is 13.5. The van der Waals surface area contributed by atoms with Crippen LogP contribution < -0.4 is 20.7 Å². The number of carbonyl (C=O) groups excluding carboxylic acids is 5. The van der Waals surface area contributed by atoms with E-state index in [0.29, 0.717) is 36.3 Å². The summed E-state index contributed by atoms with van der Waals surface area (Å²) in [6.07, 6.45) is 2.32. The molecule has 1 aromatic carbocycles. The molecule has 13 nitrogen and oxygen atoms in total. The van der Waals surface area contributed by atoms with E-state index in [1.807, 2.05) is 19.9 Å². The molecule has 230 valence electrons. The lowest BCUT2D eigenvalue weighted by Gasteiger charge is -2.25. The lowest BCUT2D eigenvalue weighted by Crippen LogP contribution is -2.53. The van der Waals surface area contributed by atoms with Crippen molar-refractivity contribution in [3.05, 3.63) is 47.4 Å². The molecule has 3 heterocycles. The molecule has 1 fully saturated rings. The highest BCUT2D eigenvalue weighted by atomic mass is 16.5. The van der Waals surface area contributed by atoms with E-state index in [9.17, 15) is 24.0 Å². The first-order valence-corrected chi connectivity index (χ1v) is 14.2. The molecule has 4 rings (SSSR count). The predicted molar refractivity (Wildman–Crippen MR) is 156 cm³/mol. The Bertz CT molecular complexity index is 1520. The van der Waals surface area contributed by atoms with Crippen molar-refractivity contribution in [1.29, 1.82) is 0 Å². The second-order valence-electron chi connectivity index (χ2n) is 11.2. The van der Waals surface area contributed by atoms with Gasteiger partial charge < -0.3 is 30.4 Å². The maximum atomic E-state index is 13.6. The van der Waals surface area contributed by atoms with Gasteiger partial charge in [-0.25, -0.2) is 4.79 Å². The van der Waals surface area contributed by atoms with Crippen molar-refractivity contribution < 1.29 is 33.4 Å². The third-order valence-electron chi connectivity index (χ3n) is 7.38. The molecule has 0 aliphatic carbocycles. The quantitative estimate of drug-likeness (QED) is 0.217. The average Bonchev–Trinajstić information content (AvgIpc) is 3.67. The normalized spacial score (nSPS) is 16.0. The van der Waals surface area contributed by atoms with E-state index in [1.54, 1.807) is 32.2 Å². The number of rotatable bonds is 13. The minimum Gasteiger partial charge on any atom is -0.496 e. The van der Waals surface area contributed by atoms with E-state index < -0.39 is 48.2 Å². The van der Waals surface area contributed by atoms with Crippen LogP contribution in [-0.4, -0.2) is 76.6 Å². The van der Waals surface area contributed by atoms with Gasteiger partial charge in [-0.05, 0) is 50.3 Å². The van der Waals surface area contributed by atoms with Crippen LogP contribution in [0.5, 0.6) is 5.75 Å². The van der Waals surface area contributed by atoms with E-state index in [0.717, 1.165) is 5.39 Å². The van der Waals surface area contributed by atoms with E-state index >= 15 is 0 Å². The zero-order valence-electron chi connectivity index (χ0n) is 25.0. The van der Waals surface area contributed by atoms with E-state index in [4.69, 9.17) is 9.47 Å². The summed E-state index contributed by atoms with van der Waals surface area (Å²) < 4.78 is 12.1. The molecule has 1 saturated heterocycles. The highest BCUT2D eigenvalue weighted by Crippen LogP contribution is 2.26. The summed E-state index contributed by atoms with van der Waals surface area (Å²) in [5.41, 5.74) is 1.62. The molecule has 0 spiro atoms. The Morgan fingerprint density at radius 1 is 1.16 bits per heavy atom. The van der Waals surface area contributed by atoms with Crippen LogP contribution in [0.1, 0.15) is 59.7 Å². The highest BCUT2D eigenvalue weighted by Gasteiger charge is 2.34. The number of ketones is 1. The number of carbonyl (C=O) groups is 5. The zero-order valence-corrected chi connectivity index (χ0v) is 25.0. The number of hydrogen-bond donors (Lipinski definition) is 4. The molecule has 1 aliphatic rings. The zero-order chi connectivity index (χ0) is 31.3. The second-order valence-corrected chi connectivity index (χ2v) is 11.2. The van der Waals surface area contributed by atoms with Gasteiger partial charge in [-0.15, -0.1) is 0 Å². The van der Waals surface area contributed by atoms with Crippen molar-refractivity contribution in [2.75, 3.05) is 20.3 Å². The van der Waals surface area contributed by atoms with Crippen molar-refractivity contribution in [3.8, 4) is 5.75 Å². The summed E-state index contributed by atoms with van der Waals surface area (Å²) >= 11 is 0. The third kappa shape index (κ3) is 7.59. The number of aryl methyl sites for hydroxylation is 2. The topological polar surface area (TPSA) is 174 Å². The number of nitrogens with zero attached hydrogens (tertiary/aromatic N) is 2. The molecular weight excluding hydrogens is 556 g/mol. The van der Waals surface area contributed by atoms with Crippen LogP contribution in [-0.2, 0) is 26.2 Å². The summed E-state index contributed by atoms with van der Waals surface area (Å²) in [6, 6.07) is 4.94. The number of H-pyrrole nitrogens is 1. The van der Waals surface area contributed by atoms with Gasteiger partial charge in [0.1, 0.15) is 23.0 Å². The number of hydrogen-bond acceptors (Lipinski definition) is 8. The van der Waals surface area contributed by atoms with Gasteiger partial charge in [-0.1, -0.05) is 19.9 Å². The summed E-state index contributed by atoms with van der Waals surface area (Å²) in [7, 11) is 3.20. The van der Waals surface area contributed by atoms with Gasteiger partial charge in [0.15, 0.2) is 12.4 Å². The first-order valence-electron chi connectivity index (χ1n) is 14.2. The number of aromatic nitrogens is 3. The number of ether oxygens (including phenoxy) is 2. The Morgan fingerprint density at radius 2 is 1.93 bits per heavy atom. The SMILES string of the molecule is COc1cccc2[nH]c(C(=O)N[C@@H](CC(C)C)C(=O)N[C@@H](C[C@@H]3CCNC3=O)C(=O)COC(=O)c3cn(C)nc3C)cc12. The van der Waals surface area contributed by atoms with Crippen molar-refractivity contribution in [2.24, 2.45) is 18.9 Å². The summed E-state index contributed by atoms with van der Waals surface area (Å²) in [4.78, 5) is 68.1. The number of aromatic amines is 1. The molecule has 0 bridgehead atoms. The molecule has 0 saturated carbocycles. The van der Waals surface area contributed by atoms with Gasteiger partial charge in [-0.3, -0.25) is 23.9 Å². The van der Waals surface area contributed by atoms with Crippen LogP contribution in [0.4, 0.5) is 0 Å². The molecule has 43 heavy (non-hydrogen) atoms. The molecule has 4 N–H and O–H groups in total. The molecule has 0 radical (unpaired) electrons. The lowest BCUT2D eigenvalue weighted by molar-refractivity contribution is -0.131. The predicted octanol–water partition coefficient (Wildman–Crippen LogP) is 1.80. The van der Waals surface area contributed by atoms with Crippen molar-refractivity contribution >= 4 is 40.4 Å². The molecule has 13 heteroatoms. The number of methoxy groups -OCH3 is 1. The van der Waals surface area contributed by atoms with Gasteiger partial charge in [0.2, 0.25) is 11.8 Å². The Hall–Kier alpha value is -4.68. The minimum absolute atomic E-state index is 0.0253. The number of esters is 1. The number of amides is 3. The fourth-order valence-corrected chi connectivity index (χ4v) is 5.18. The van der Waals surface area contributed by atoms with Gasteiger partial charge in [0.05, 0.1) is 18.8 Å². The van der Waals surface area contributed by atoms with Crippen LogP contribution in [0.3, 0.4) is 0 Å². The first kappa shape index (κ1) is 31.3. The Labute approximate surface area is 249 Å². The minimum atomic E-state index is -1.12. The number of benzene rings is 1. The Kier molecular flexibility index (Phi) is 9.84. The van der Waals surface area contributed by atoms with Gasteiger partial charge in [0, 0.05) is 36.6 Å². The third-order valence-corrected chi connectivity index (χ3v) is 7.38. The fourth-order valence-electron chi connectivity index (χ4n) is 5.18. The average molecular weight is 595 g/mol. The molecule has 2 aromatic heterocycles. The first-order chi connectivity index (χ1) is 20.5. The molecule has 1 aliphatic heterocycles. The standard InChI is InChI=1S/C30H38N6O7/c1-16(2)11-23(34-29(40)24-13-19-21(32-24)7-6-8-26(19)42-5)28(39)33-22(12-18-9-10-31-27(18)38)25(37)15-43-30(41)20-14-36(4)35-17(20)3/h6-8,13-14,16,18,22-23,32H,9-12,15H2,1-5H3,(H,31,38)(H,33,39)(H,34,40)/t18-,22-,23-/m0/s1. The van der Waals surface area contributed by atoms with E-state index in [1.165, 1.54) is 18.0 Å². The maximum absolute atomic E-state index is 13.6. The monoisotopic (exact) mass is 594 g/mol. The Morgan fingerprint density at radius 3 is 2.56 bits per heavy atom. The largest absolute Gasteiger partial charge is 0.496 e. The van der Waals surface area contributed by atoms with Crippen molar-refractivity contribution in [2.45, 2.75) is 52.1 Å². The molecule has 3 aromatic rings. The highest BCUT2D eigenvalue weighted by molar-refractivity contribution is 6.02. The Balaban J connectivity index is 1.49. The molecule has 0 unspecified atom stereocenters. The van der Waals surface area contributed by atoms with Gasteiger partial charge in [-0.2, -0.15) is 5.10 Å². The van der Waals surface area contributed by atoms with Crippen LogP contribution >= 0.6 is 0 Å². The van der Waals surface area contributed by atoms with Crippen LogP contribution in [0.15, 0.2) is 30.5 Å². The van der Waals surface area contributed by atoms with Crippen LogP contribution in [0, 0.1) is 18.8 Å². The van der Waals surface area contributed by atoms with Crippen LogP contribution in [0.2, 0.25) is 0 Å². The fraction of sp³-hybridized carbons (Fsp3) is 0.467. The number of Topliss-reactive ketones (excluding diaryl/α,β-unsaturated/α-hetero) is 1. The summed E-state index contributed by atoms with van der Waals surface area (Å²) in [6.45, 7) is 5.33. The smallest absolute Gasteiger partial charge is 0.342 e. The van der Waals surface area contributed by atoms with Crippen molar-refractivity contribution in [3.63, 3.8) is 0 Å². The maximum Gasteiger partial charge on any atom is 0.342 e. The van der Waals surface area contributed by atoms with Gasteiger partial charge >= 0.3 is 5.97 Å². The van der Waals surface area contributed by atoms with Crippen molar-refractivity contribution in [1.82, 2.24) is 30.7 Å². The van der Waals surface area contributed by atoms with Gasteiger partial charge in [0.25, 0.3) is 5.91 Å². The lowest BCUT2D eigenvalue weighted by atomic mass is 9.95. The number of fused-ring (bicyclic) bond motifs is 1. The summed E-state index contributed by atoms with van der Waals surface area (Å²) in [5, 5.41) is 13.1. The number of nitrogens with one attached hydrogen (secondary N) is 4. The van der Waals surface area contributed by atoms with Crippen LogP contribution in [0.25, 0.3) is 10.9 Å². The molecule has 3 amide bonds. The van der Waals surface area contributed by atoms with E-state index in [2.05, 4.69) is 26.0 Å². The summed E-state index contributed by atoms with van der Waals surface area (Å²) in [5.74, 6) is -2.46. The molecular formula is C30H38N6O7. The van der Waals surface area contributed by atoms with E-state index in [-0.39, 0.29) is 29.5 Å².